The smallest absolute Gasteiger partial charge is 0.255 e. The number of aryl methyl sites for hydroxylation is 1. The van der Waals surface area contributed by atoms with Gasteiger partial charge in [0.25, 0.3) is 5.91 Å². The van der Waals surface area contributed by atoms with E-state index < -0.39 is 0 Å². The van der Waals surface area contributed by atoms with E-state index in [2.05, 4.69) is 4.90 Å². The number of aliphatic hydroxyl groups excluding tert-OH is 2. The van der Waals surface area contributed by atoms with Gasteiger partial charge in [-0.3, -0.25) is 9.59 Å². The minimum absolute atomic E-state index is 0.0468. The molecule has 7 heteroatoms. The molecule has 3 fully saturated rings. The molecule has 4 atom stereocenters. The van der Waals surface area contributed by atoms with Crippen molar-refractivity contribution in [2.75, 3.05) is 32.7 Å². The minimum atomic E-state index is -0.362. The Morgan fingerprint density at radius 3 is 2.43 bits per heavy atom. The van der Waals surface area contributed by atoms with Gasteiger partial charge in [0.05, 0.1) is 17.8 Å². The van der Waals surface area contributed by atoms with Crippen LogP contribution in [0.15, 0.2) is 23.1 Å². The molecular weight excluding hydrogens is 358 g/mol. The predicted molar refractivity (Wildman–Crippen MR) is 105 cm³/mol. The number of fused-ring (bicyclic) bond motifs is 1. The van der Waals surface area contributed by atoms with E-state index in [1.54, 1.807) is 19.3 Å². The first-order chi connectivity index (χ1) is 13.4. The second kappa shape index (κ2) is 7.97. The molecule has 7 nitrogen and oxygen atoms in total. The normalized spacial score (nSPS) is 29.8. The van der Waals surface area contributed by atoms with Crippen molar-refractivity contribution in [3.05, 3.63) is 34.2 Å². The van der Waals surface area contributed by atoms with Gasteiger partial charge in [0, 0.05) is 52.0 Å². The number of piperidine rings is 1. The van der Waals surface area contributed by atoms with E-state index in [9.17, 15) is 19.8 Å². The van der Waals surface area contributed by atoms with E-state index >= 15 is 0 Å². The first-order valence-corrected chi connectivity index (χ1v) is 10.4. The number of β-amino-alcohol motifs (C(OH)–C–C–N with tert-alkyl or cyclic N) is 1. The summed E-state index contributed by atoms with van der Waals surface area (Å²) < 4.78 is 1.42. The zero-order chi connectivity index (χ0) is 19.8. The van der Waals surface area contributed by atoms with Crippen LogP contribution in [0.2, 0.25) is 0 Å². The van der Waals surface area contributed by atoms with E-state index in [4.69, 9.17) is 0 Å². The minimum Gasteiger partial charge on any atom is -0.393 e. The average Bonchev–Trinajstić information content (AvgIpc) is 3.20. The molecule has 2 N–H and O–H groups in total. The maximum Gasteiger partial charge on any atom is 0.255 e. The molecular formula is C21H31N3O4. The fraction of sp³-hybridized carbons (Fsp3) is 0.714. The van der Waals surface area contributed by atoms with E-state index in [0.717, 1.165) is 38.8 Å². The van der Waals surface area contributed by atoms with Crippen LogP contribution in [0.5, 0.6) is 0 Å². The van der Waals surface area contributed by atoms with Crippen LogP contribution >= 0.6 is 0 Å². The van der Waals surface area contributed by atoms with Gasteiger partial charge in [0.2, 0.25) is 5.56 Å². The summed E-state index contributed by atoms with van der Waals surface area (Å²) in [5, 5.41) is 20.5. The van der Waals surface area contributed by atoms with Gasteiger partial charge < -0.3 is 24.6 Å². The maximum absolute atomic E-state index is 12.7. The molecule has 1 aliphatic carbocycles. The largest absolute Gasteiger partial charge is 0.393 e. The van der Waals surface area contributed by atoms with Gasteiger partial charge in [-0.1, -0.05) is 0 Å². The molecule has 0 aromatic carbocycles. The van der Waals surface area contributed by atoms with Crippen molar-refractivity contribution in [3.8, 4) is 0 Å². The number of hydrogen-bond donors (Lipinski definition) is 2. The average molecular weight is 389 g/mol. The van der Waals surface area contributed by atoms with Crippen molar-refractivity contribution in [3.63, 3.8) is 0 Å². The molecule has 0 radical (unpaired) electrons. The van der Waals surface area contributed by atoms with Crippen LogP contribution in [-0.2, 0) is 7.05 Å². The highest BCUT2D eigenvalue weighted by Crippen LogP contribution is 2.38. The molecule has 1 aromatic rings. The Hall–Kier alpha value is -1.70. The second-order valence-corrected chi connectivity index (χ2v) is 8.93. The van der Waals surface area contributed by atoms with E-state index in [1.165, 1.54) is 10.6 Å². The van der Waals surface area contributed by atoms with Crippen LogP contribution in [0, 0.1) is 17.8 Å². The summed E-state index contributed by atoms with van der Waals surface area (Å²) in [4.78, 5) is 28.4. The molecule has 154 valence electrons. The van der Waals surface area contributed by atoms with Gasteiger partial charge in [-0.25, -0.2) is 0 Å². The van der Waals surface area contributed by atoms with E-state index in [0.29, 0.717) is 37.0 Å². The predicted octanol–water partition coefficient (Wildman–Crippen LogP) is 0.301. The third-order valence-electron chi connectivity index (χ3n) is 6.95. The lowest BCUT2D eigenvalue weighted by molar-refractivity contribution is 0.0304. The summed E-state index contributed by atoms with van der Waals surface area (Å²) in [6.45, 7) is 3.95. The molecule has 2 aliphatic heterocycles. The Kier molecular flexibility index (Phi) is 5.58. The summed E-state index contributed by atoms with van der Waals surface area (Å²) in [6, 6.07) is 3.01. The lowest BCUT2D eigenvalue weighted by Crippen LogP contribution is -2.44. The summed E-state index contributed by atoms with van der Waals surface area (Å²) in [5.74, 6) is 1.34. The highest BCUT2D eigenvalue weighted by Gasteiger charge is 2.41. The molecule has 0 bridgehead atoms. The number of aliphatic hydroxyl groups is 2. The zero-order valence-electron chi connectivity index (χ0n) is 16.5. The maximum atomic E-state index is 12.7. The molecule has 3 aliphatic rings. The first kappa shape index (κ1) is 19.6. The lowest BCUT2D eigenvalue weighted by atomic mass is 9.90. The number of carbonyl (C=O) groups excluding carboxylic acids is 1. The van der Waals surface area contributed by atoms with Crippen LogP contribution in [-0.4, -0.2) is 75.4 Å². The summed E-state index contributed by atoms with van der Waals surface area (Å²) in [7, 11) is 1.65. The lowest BCUT2D eigenvalue weighted by Gasteiger charge is -2.35. The standard InChI is InChI=1S/C21H31N3O4/c1-22-10-15(2-3-20(22)27)21(28)24-6-4-14(5-7-24)19(26)13-23-11-16-8-18(25)9-17(16)12-23/h2-3,10,14,16-19,25-26H,4-9,11-13H2,1H3/t16-,17+,18?,19?. The summed E-state index contributed by atoms with van der Waals surface area (Å²) >= 11 is 0. The van der Waals surface area contributed by atoms with Crippen LogP contribution < -0.4 is 5.56 Å². The Balaban J connectivity index is 1.26. The van der Waals surface area contributed by atoms with Gasteiger partial charge in [0.15, 0.2) is 0 Å². The number of aromatic nitrogens is 1. The third kappa shape index (κ3) is 4.02. The van der Waals surface area contributed by atoms with E-state index in [1.807, 2.05) is 4.90 Å². The number of nitrogens with zero attached hydrogens (tertiary/aromatic N) is 3. The molecule has 1 aromatic heterocycles. The topological polar surface area (TPSA) is 86.0 Å². The van der Waals surface area contributed by atoms with Crippen LogP contribution in [0.3, 0.4) is 0 Å². The number of carbonyl (C=O) groups is 1. The van der Waals surface area contributed by atoms with Crippen molar-refractivity contribution in [1.82, 2.24) is 14.4 Å². The molecule has 28 heavy (non-hydrogen) atoms. The van der Waals surface area contributed by atoms with Crippen molar-refractivity contribution in [1.29, 1.82) is 0 Å². The number of rotatable bonds is 4. The van der Waals surface area contributed by atoms with Gasteiger partial charge in [0.1, 0.15) is 0 Å². The SMILES string of the molecule is Cn1cc(C(=O)N2CCC(C(O)CN3C[C@H]4CC(O)C[C@H]4C3)CC2)ccc1=O. The Labute approximate surface area is 165 Å². The quantitative estimate of drug-likeness (QED) is 0.774. The van der Waals surface area contributed by atoms with Crippen molar-refractivity contribution in [2.45, 2.75) is 37.9 Å². The Morgan fingerprint density at radius 1 is 1.18 bits per heavy atom. The molecule has 2 unspecified atom stereocenters. The number of hydrogen-bond acceptors (Lipinski definition) is 5. The zero-order valence-corrected chi connectivity index (χ0v) is 16.5. The molecule has 1 saturated carbocycles. The second-order valence-electron chi connectivity index (χ2n) is 8.93. The summed E-state index contributed by atoms with van der Waals surface area (Å²) in [6.07, 6.45) is 4.52. The molecule has 2 saturated heterocycles. The Morgan fingerprint density at radius 2 is 1.82 bits per heavy atom. The fourth-order valence-corrected chi connectivity index (χ4v) is 5.32. The fourth-order valence-electron chi connectivity index (χ4n) is 5.32. The first-order valence-electron chi connectivity index (χ1n) is 10.4. The van der Waals surface area contributed by atoms with Crippen molar-refractivity contribution < 1.29 is 15.0 Å². The van der Waals surface area contributed by atoms with Crippen molar-refractivity contribution >= 4 is 5.91 Å². The van der Waals surface area contributed by atoms with Gasteiger partial charge >= 0.3 is 0 Å². The monoisotopic (exact) mass is 389 g/mol. The van der Waals surface area contributed by atoms with Crippen LogP contribution in [0.4, 0.5) is 0 Å². The molecule has 0 spiro atoms. The highest BCUT2D eigenvalue weighted by atomic mass is 16.3. The van der Waals surface area contributed by atoms with Crippen LogP contribution in [0.25, 0.3) is 0 Å². The number of amides is 1. The van der Waals surface area contributed by atoms with Gasteiger partial charge in [-0.05, 0) is 49.5 Å². The molecule has 3 heterocycles. The summed E-state index contributed by atoms with van der Waals surface area (Å²) in [5.41, 5.74) is 0.408. The third-order valence-corrected chi connectivity index (χ3v) is 6.95. The van der Waals surface area contributed by atoms with Crippen LogP contribution in [0.1, 0.15) is 36.0 Å². The Bertz CT molecular complexity index is 757. The molecule has 4 rings (SSSR count). The number of likely N-dealkylation sites (tertiary alicyclic amines) is 2. The molecule has 1 amide bonds. The van der Waals surface area contributed by atoms with Gasteiger partial charge in [-0.2, -0.15) is 0 Å². The van der Waals surface area contributed by atoms with Gasteiger partial charge in [-0.15, -0.1) is 0 Å². The van der Waals surface area contributed by atoms with E-state index in [-0.39, 0.29) is 29.6 Å². The number of pyridine rings is 1. The highest BCUT2D eigenvalue weighted by molar-refractivity contribution is 5.93. The van der Waals surface area contributed by atoms with Crippen molar-refractivity contribution in [2.24, 2.45) is 24.8 Å².